The van der Waals surface area contributed by atoms with Crippen LogP contribution in [0.15, 0.2) is 68.9 Å². The molecule has 1 N–H and O–H groups in total. The highest BCUT2D eigenvalue weighted by Crippen LogP contribution is 2.36. The molecular formula is C23H21N3O7. The Bertz CT molecular complexity index is 1260. The second-order valence-corrected chi connectivity index (χ2v) is 7.93. The van der Waals surface area contributed by atoms with Gasteiger partial charge in [-0.2, -0.15) is 0 Å². The zero-order valence-electron chi connectivity index (χ0n) is 17.6. The van der Waals surface area contributed by atoms with Gasteiger partial charge in [-0.15, -0.1) is 0 Å². The lowest BCUT2D eigenvalue weighted by molar-refractivity contribution is -0.331. The molecule has 10 nitrogen and oxygen atoms in total. The van der Waals surface area contributed by atoms with Crippen LogP contribution in [0.1, 0.15) is 17.4 Å². The molecule has 0 saturated carbocycles. The summed E-state index contributed by atoms with van der Waals surface area (Å²) in [7, 11) is 0. The van der Waals surface area contributed by atoms with Crippen molar-refractivity contribution >= 4 is 11.0 Å². The molecule has 0 aliphatic carbocycles. The van der Waals surface area contributed by atoms with Crippen LogP contribution in [0.3, 0.4) is 0 Å². The average molecular weight is 451 g/mol. The Morgan fingerprint density at radius 2 is 1.97 bits per heavy atom. The van der Waals surface area contributed by atoms with Crippen LogP contribution < -0.4 is 10.4 Å². The topological polar surface area (TPSA) is 136 Å². The summed E-state index contributed by atoms with van der Waals surface area (Å²) in [5.74, 6) is 0.324. The molecule has 1 aromatic heterocycles. The van der Waals surface area contributed by atoms with E-state index in [1.807, 2.05) is 37.3 Å². The monoisotopic (exact) mass is 451 g/mol. The summed E-state index contributed by atoms with van der Waals surface area (Å²) in [5, 5.41) is 15.5. The first-order valence-corrected chi connectivity index (χ1v) is 10.4. The van der Waals surface area contributed by atoms with Gasteiger partial charge in [0.1, 0.15) is 29.6 Å². The lowest BCUT2D eigenvalue weighted by atomic mass is 9.96. The smallest absolute Gasteiger partial charge is 0.336 e. The van der Waals surface area contributed by atoms with Crippen molar-refractivity contribution in [3.05, 3.63) is 86.6 Å². The molecule has 2 aliphatic rings. The lowest BCUT2D eigenvalue weighted by Crippen LogP contribution is -2.62. The highest BCUT2D eigenvalue weighted by molar-refractivity contribution is 5.81. The van der Waals surface area contributed by atoms with Gasteiger partial charge in [-0.3, -0.25) is 0 Å². The standard InChI is InChI=1S/C23H21N3O7/c1-12-9-18(27)31-16-10-14(7-8-15(12)16)30-23-19(25-26-24)20(28)21-17(32-23)11-29-22(33-21)13-5-3-2-4-6-13/h2-10,17,19-23,28H,11H2,1H3/t17?,19?,20?,21-,22?,23+/m0/s1. The Balaban J connectivity index is 1.39. The molecule has 2 saturated heterocycles. The molecule has 6 atom stereocenters. The average Bonchev–Trinajstić information content (AvgIpc) is 2.81. The number of aliphatic hydroxyl groups is 1. The fraction of sp³-hybridized carbons (Fsp3) is 0.348. The van der Waals surface area contributed by atoms with Crippen molar-refractivity contribution in [3.8, 4) is 5.75 Å². The van der Waals surface area contributed by atoms with Gasteiger partial charge >= 0.3 is 5.63 Å². The number of nitrogens with zero attached hydrogens (tertiary/aromatic N) is 3. The SMILES string of the molecule is Cc1cc(=O)oc2cc(O[C@@H]3OC4COC(c5ccccc5)O[C@@H]4C(O)C3N=[N+]=[N-])ccc12. The summed E-state index contributed by atoms with van der Waals surface area (Å²) in [4.78, 5) is 14.6. The summed E-state index contributed by atoms with van der Waals surface area (Å²) in [5.41, 5.74) is 10.5. The molecular weight excluding hydrogens is 430 g/mol. The number of aryl methyl sites for hydroxylation is 1. The van der Waals surface area contributed by atoms with Gasteiger partial charge in [0, 0.05) is 28.0 Å². The lowest BCUT2D eigenvalue weighted by Gasteiger charge is -2.46. The molecule has 33 heavy (non-hydrogen) atoms. The van der Waals surface area contributed by atoms with Crippen molar-refractivity contribution < 1.29 is 28.5 Å². The van der Waals surface area contributed by atoms with Gasteiger partial charge in [-0.05, 0) is 30.2 Å². The van der Waals surface area contributed by atoms with Crippen molar-refractivity contribution in [1.82, 2.24) is 0 Å². The van der Waals surface area contributed by atoms with E-state index >= 15 is 0 Å². The Kier molecular flexibility index (Phi) is 5.76. The van der Waals surface area contributed by atoms with Crippen LogP contribution in [0.25, 0.3) is 21.4 Å². The third-order valence-electron chi connectivity index (χ3n) is 5.77. The summed E-state index contributed by atoms with van der Waals surface area (Å²) in [6.45, 7) is 1.96. The normalized spacial score (nSPS) is 29.2. The number of hydrogen-bond acceptors (Lipinski definition) is 8. The van der Waals surface area contributed by atoms with E-state index in [9.17, 15) is 9.90 Å². The quantitative estimate of drug-likeness (QED) is 0.278. The summed E-state index contributed by atoms with van der Waals surface area (Å²) in [6, 6.07) is 14.6. The first-order valence-electron chi connectivity index (χ1n) is 10.4. The number of azide groups is 1. The maximum absolute atomic E-state index is 11.7. The predicted molar refractivity (Wildman–Crippen MR) is 115 cm³/mol. The molecule has 0 radical (unpaired) electrons. The molecule has 3 heterocycles. The Labute approximate surface area is 187 Å². The molecule has 170 valence electrons. The fourth-order valence-electron chi connectivity index (χ4n) is 4.15. The second-order valence-electron chi connectivity index (χ2n) is 7.93. The molecule has 3 aromatic rings. The van der Waals surface area contributed by atoms with E-state index in [0.29, 0.717) is 11.3 Å². The van der Waals surface area contributed by atoms with Gasteiger partial charge in [-0.1, -0.05) is 35.4 Å². The maximum Gasteiger partial charge on any atom is 0.336 e. The van der Waals surface area contributed by atoms with E-state index in [-0.39, 0.29) is 6.61 Å². The van der Waals surface area contributed by atoms with Crippen LogP contribution in [-0.4, -0.2) is 42.4 Å². The summed E-state index contributed by atoms with van der Waals surface area (Å²) >= 11 is 0. The summed E-state index contributed by atoms with van der Waals surface area (Å²) in [6.07, 6.45) is -4.40. The number of benzene rings is 2. The van der Waals surface area contributed by atoms with Gasteiger partial charge < -0.3 is 28.5 Å². The molecule has 2 aliphatic heterocycles. The Hall–Kier alpha value is -3.40. The minimum absolute atomic E-state index is 0.149. The molecule has 2 aromatic carbocycles. The van der Waals surface area contributed by atoms with E-state index in [1.165, 1.54) is 6.07 Å². The number of fused-ring (bicyclic) bond motifs is 2. The van der Waals surface area contributed by atoms with Gasteiger partial charge in [0.05, 0.1) is 12.7 Å². The van der Waals surface area contributed by atoms with Crippen LogP contribution in [0.4, 0.5) is 0 Å². The van der Waals surface area contributed by atoms with Crippen LogP contribution in [0, 0.1) is 6.92 Å². The van der Waals surface area contributed by atoms with Gasteiger partial charge in [0.2, 0.25) is 6.29 Å². The van der Waals surface area contributed by atoms with Gasteiger partial charge in [0.25, 0.3) is 0 Å². The van der Waals surface area contributed by atoms with Crippen molar-refractivity contribution in [1.29, 1.82) is 0 Å². The molecule has 0 spiro atoms. The van der Waals surface area contributed by atoms with Gasteiger partial charge in [-0.25, -0.2) is 4.79 Å². The third kappa shape index (κ3) is 4.18. The zero-order valence-corrected chi connectivity index (χ0v) is 17.6. The van der Waals surface area contributed by atoms with Crippen LogP contribution in [0.2, 0.25) is 0 Å². The minimum Gasteiger partial charge on any atom is -0.464 e. The van der Waals surface area contributed by atoms with Crippen LogP contribution in [0.5, 0.6) is 5.75 Å². The van der Waals surface area contributed by atoms with E-state index in [2.05, 4.69) is 10.0 Å². The van der Waals surface area contributed by atoms with Crippen molar-refractivity contribution in [3.63, 3.8) is 0 Å². The van der Waals surface area contributed by atoms with Crippen molar-refractivity contribution in [2.75, 3.05) is 6.61 Å². The molecule has 2 fully saturated rings. The Morgan fingerprint density at radius 3 is 2.76 bits per heavy atom. The van der Waals surface area contributed by atoms with E-state index in [1.54, 1.807) is 18.2 Å². The van der Waals surface area contributed by atoms with Crippen molar-refractivity contribution in [2.45, 2.75) is 43.9 Å². The van der Waals surface area contributed by atoms with Crippen LogP contribution >= 0.6 is 0 Å². The minimum atomic E-state index is -1.19. The second kappa shape index (κ2) is 8.86. The fourth-order valence-corrected chi connectivity index (χ4v) is 4.15. The maximum atomic E-state index is 11.7. The number of rotatable bonds is 4. The van der Waals surface area contributed by atoms with E-state index < -0.39 is 42.6 Å². The van der Waals surface area contributed by atoms with E-state index in [4.69, 9.17) is 28.9 Å². The highest BCUT2D eigenvalue weighted by Gasteiger charge is 2.50. The molecule has 4 unspecified atom stereocenters. The molecule has 5 rings (SSSR count). The largest absolute Gasteiger partial charge is 0.464 e. The predicted octanol–water partition coefficient (Wildman–Crippen LogP) is 3.36. The first kappa shape index (κ1) is 21.4. The Morgan fingerprint density at radius 1 is 1.15 bits per heavy atom. The summed E-state index contributed by atoms with van der Waals surface area (Å²) < 4.78 is 28.9. The molecule has 10 heteroatoms. The highest BCUT2D eigenvalue weighted by atomic mass is 16.7. The van der Waals surface area contributed by atoms with Gasteiger partial charge in [0.15, 0.2) is 6.29 Å². The van der Waals surface area contributed by atoms with Crippen LogP contribution in [-0.2, 0) is 14.2 Å². The number of ether oxygens (including phenoxy) is 4. The molecule has 0 bridgehead atoms. The first-order chi connectivity index (χ1) is 16.0. The van der Waals surface area contributed by atoms with Crippen molar-refractivity contribution in [2.24, 2.45) is 5.11 Å². The molecule has 0 amide bonds. The van der Waals surface area contributed by atoms with E-state index in [0.717, 1.165) is 16.5 Å². The zero-order chi connectivity index (χ0) is 22.9. The number of hydrogen-bond donors (Lipinski definition) is 1. The number of aliphatic hydroxyl groups excluding tert-OH is 1. The third-order valence-corrected chi connectivity index (χ3v) is 5.77.